The Morgan fingerprint density at radius 3 is 0.985 bits per heavy atom. The van der Waals surface area contributed by atoms with Crippen molar-refractivity contribution < 1.29 is 28.6 Å². The van der Waals surface area contributed by atoms with E-state index in [1.54, 1.807) is 0 Å². The number of rotatable bonds is 51. The topological polar surface area (TPSA) is 78.9 Å². The van der Waals surface area contributed by atoms with E-state index in [1.807, 2.05) is 0 Å². The van der Waals surface area contributed by atoms with Gasteiger partial charge in [0, 0.05) is 19.3 Å². The van der Waals surface area contributed by atoms with E-state index in [0.29, 0.717) is 19.3 Å². The average Bonchev–Trinajstić information content (AvgIpc) is 3.30. The standard InChI is InChI=1S/C59H106O6/c1-4-7-10-13-16-19-22-25-27-29-30-31-33-34-37-40-43-46-49-52-58(61)64-55-56(54-63-57(60)51-48-45-42-39-36-24-21-18-15-12-9-6-3)65-59(62)53-50-47-44-41-38-35-32-28-26-23-20-17-14-11-8-5-2/h9,12,18,21,28,32,36,39,56H,4-8,10-11,13-17,19-20,22-27,29-31,33-35,37-38,40-55H2,1-3H3/b12-9-,21-18-,32-28-,39-36-. The highest BCUT2D eigenvalue weighted by Crippen LogP contribution is 2.16. The molecule has 0 spiro atoms. The lowest BCUT2D eigenvalue weighted by molar-refractivity contribution is -0.167. The highest BCUT2D eigenvalue weighted by Gasteiger charge is 2.19. The first-order valence-electron chi connectivity index (χ1n) is 28.1. The van der Waals surface area contributed by atoms with Crippen LogP contribution in [-0.4, -0.2) is 37.2 Å². The maximum atomic E-state index is 12.8. The molecule has 0 fully saturated rings. The summed E-state index contributed by atoms with van der Waals surface area (Å²) in [6.07, 6.45) is 65.4. The van der Waals surface area contributed by atoms with Crippen molar-refractivity contribution in [1.29, 1.82) is 0 Å². The number of carbonyl (C=O) groups is 3. The lowest BCUT2D eigenvalue weighted by Gasteiger charge is -2.18. The molecule has 65 heavy (non-hydrogen) atoms. The Bertz CT molecular complexity index is 1140. The molecule has 6 nitrogen and oxygen atoms in total. The molecule has 0 aliphatic carbocycles. The maximum Gasteiger partial charge on any atom is 0.306 e. The van der Waals surface area contributed by atoms with Crippen molar-refractivity contribution in [2.75, 3.05) is 13.2 Å². The van der Waals surface area contributed by atoms with Crippen LogP contribution in [-0.2, 0) is 28.6 Å². The summed E-state index contributed by atoms with van der Waals surface area (Å²) in [5, 5.41) is 0. The summed E-state index contributed by atoms with van der Waals surface area (Å²) in [5.41, 5.74) is 0. The Kier molecular flexibility index (Phi) is 51.8. The Morgan fingerprint density at radius 2 is 0.600 bits per heavy atom. The first-order chi connectivity index (χ1) is 32.0. The molecule has 1 atom stereocenters. The van der Waals surface area contributed by atoms with Gasteiger partial charge < -0.3 is 14.2 Å². The Balaban J connectivity index is 4.35. The number of carbonyl (C=O) groups excluding carboxylic acids is 3. The fourth-order valence-corrected chi connectivity index (χ4v) is 8.10. The van der Waals surface area contributed by atoms with Crippen LogP contribution in [0.5, 0.6) is 0 Å². The molecule has 0 radical (unpaired) electrons. The monoisotopic (exact) mass is 911 g/mol. The summed E-state index contributed by atoms with van der Waals surface area (Å²) < 4.78 is 16.8. The molecule has 1 unspecified atom stereocenters. The van der Waals surface area contributed by atoms with Gasteiger partial charge in [0.15, 0.2) is 6.10 Å². The van der Waals surface area contributed by atoms with E-state index >= 15 is 0 Å². The smallest absolute Gasteiger partial charge is 0.306 e. The van der Waals surface area contributed by atoms with E-state index in [2.05, 4.69) is 69.4 Å². The quantitative estimate of drug-likeness (QED) is 0.0262. The normalized spacial score (nSPS) is 12.4. The second-order valence-electron chi connectivity index (χ2n) is 18.8. The van der Waals surface area contributed by atoms with E-state index in [1.165, 1.54) is 161 Å². The van der Waals surface area contributed by atoms with Crippen molar-refractivity contribution in [2.45, 2.75) is 297 Å². The van der Waals surface area contributed by atoms with Crippen LogP contribution < -0.4 is 0 Å². The average molecular weight is 911 g/mol. The zero-order valence-electron chi connectivity index (χ0n) is 43.3. The Hall–Kier alpha value is -2.63. The van der Waals surface area contributed by atoms with E-state index in [0.717, 1.165) is 89.9 Å². The summed E-state index contributed by atoms with van der Waals surface area (Å²) in [7, 11) is 0. The molecule has 0 aromatic rings. The van der Waals surface area contributed by atoms with Crippen molar-refractivity contribution >= 4 is 17.9 Å². The molecule has 0 aliphatic heterocycles. The summed E-state index contributed by atoms with van der Waals surface area (Å²) >= 11 is 0. The second kappa shape index (κ2) is 54.0. The maximum absolute atomic E-state index is 12.8. The summed E-state index contributed by atoms with van der Waals surface area (Å²) in [5.74, 6) is -0.923. The highest BCUT2D eigenvalue weighted by atomic mass is 16.6. The zero-order valence-corrected chi connectivity index (χ0v) is 43.3. The third kappa shape index (κ3) is 52.2. The Morgan fingerprint density at radius 1 is 0.323 bits per heavy atom. The van der Waals surface area contributed by atoms with E-state index < -0.39 is 6.10 Å². The third-order valence-corrected chi connectivity index (χ3v) is 12.3. The van der Waals surface area contributed by atoms with Crippen molar-refractivity contribution in [1.82, 2.24) is 0 Å². The van der Waals surface area contributed by atoms with Gasteiger partial charge in [0.1, 0.15) is 13.2 Å². The number of hydrogen-bond donors (Lipinski definition) is 0. The van der Waals surface area contributed by atoms with E-state index in [4.69, 9.17) is 14.2 Å². The molecule has 0 heterocycles. The first-order valence-corrected chi connectivity index (χ1v) is 28.1. The molecule has 6 heteroatoms. The summed E-state index contributed by atoms with van der Waals surface area (Å²) in [4.78, 5) is 38.0. The summed E-state index contributed by atoms with van der Waals surface area (Å²) in [6.45, 7) is 6.51. The molecular formula is C59H106O6. The van der Waals surface area contributed by atoms with Crippen LogP contribution in [0.15, 0.2) is 48.6 Å². The van der Waals surface area contributed by atoms with Gasteiger partial charge in [-0.3, -0.25) is 14.4 Å². The van der Waals surface area contributed by atoms with Crippen LogP contribution >= 0.6 is 0 Å². The molecular weight excluding hydrogens is 805 g/mol. The fourth-order valence-electron chi connectivity index (χ4n) is 8.10. The molecule has 0 rings (SSSR count). The largest absolute Gasteiger partial charge is 0.462 e. The second-order valence-corrected chi connectivity index (χ2v) is 18.8. The van der Waals surface area contributed by atoms with E-state index in [9.17, 15) is 14.4 Å². The predicted octanol–water partition coefficient (Wildman–Crippen LogP) is 18.7. The molecule has 0 aromatic carbocycles. The van der Waals surface area contributed by atoms with Crippen LogP contribution in [0, 0.1) is 0 Å². The summed E-state index contributed by atoms with van der Waals surface area (Å²) in [6, 6.07) is 0. The number of unbranched alkanes of at least 4 members (excludes halogenated alkanes) is 32. The number of ether oxygens (including phenoxy) is 3. The van der Waals surface area contributed by atoms with Crippen LogP contribution in [0.2, 0.25) is 0 Å². The Labute approximate surface area is 403 Å². The zero-order chi connectivity index (χ0) is 47.2. The molecule has 0 saturated carbocycles. The molecule has 0 aromatic heterocycles. The molecule has 0 bridgehead atoms. The molecule has 0 saturated heterocycles. The van der Waals surface area contributed by atoms with Crippen LogP contribution in [0.3, 0.4) is 0 Å². The highest BCUT2D eigenvalue weighted by molar-refractivity contribution is 5.71. The predicted molar refractivity (Wildman–Crippen MR) is 279 cm³/mol. The lowest BCUT2D eigenvalue weighted by Crippen LogP contribution is -2.30. The SMILES string of the molecule is CC/C=C\C/C=C\C/C=C\CCCCC(=O)OCC(COC(=O)CCCCCCCCCCCCCCCCCCCCC)OC(=O)CCCCCCC/C=C\CCCCCCCCC. The minimum Gasteiger partial charge on any atom is -0.462 e. The van der Waals surface area contributed by atoms with Crippen molar-refractivity contribution in [3.63, 3.8) is 0 Å². The van der Waals surface area contributed by atoms with Gasteiger partial charge in [-0.1, -0.05) is 243 Å². The van der Waals surface area contributed by atoms with Gasteiger partial charge in [-0.05, 0) is 77.0 Å². The van der Waals surface area contributed by atoms with Crippen molar-refractivity contribution in [3.05, 3.63) is 48.6 Å². The third-order valence-electron chi connectivity index (χ3n) is 12.3. The van der Waals surface area contributed by atoms with Crippen LogP contribution in [0.25, 0.3) is 0 Å². The van der Waals surface area contributed by atoms with Gasteiger partial charge in [-0.2, -0.15) is 0 Å². The van der Waals surface area contributed by atoms with Crippen LogP contribution in [0.4, 0.5) is 0 Å². The van der Waals surface area contributed by atoms with E-state index in [-0.39, 0.29) is 31.1 Å². The van der Waals surface area contributed by atoms with Gasteiger partial charge in [0.25, 0.3) is 0 Å². The first kappa shape index (κ1) is 62.4. The number of esters is 3. The molecule has 0 N–H and O–H groups in total. The molecule has 378 valence electrons. The fraction of sp³-hybridized carbons (Fsp3) is 0.814. The van der Waals surface area contributed by atoms with Gasteiger partial charge in [0.05, 0.1) is 0 Å². The van der Waals surface area contributed by atoms with Crippen LogP contribution in [0.1, 0.15) is 290 Å². The van der Waals surface area contributed by atoms with Gasteiger partial charge >= 0.3 is 17.9 Å². The molecule has 0 amide bonds. The lowest BCUT2D eigenvalue weighted by atomic mass is 10.0. The number of hydrogen-bond acceptors (Lipinski definition) is 6. The van der Waals surface area contributed by atoms with Gasteiger partial charge in [0.2, 0.25) is 0 Å². The van der Waals surface area contributed by atoms with Crippen molar-refractivity contribution in [3.8, 4) is 0 Å². The van der Waals surface area contributed by atoms with Crippen molar-refractivity contribution in [2.24, 2.45) is 0 Å². The number of allylic oxidation sites excluding steroid dienone is 8. The minimum atomic E-state index is -0.790. The van der Waals surface area contributed by atoms with Gasteiger partial charge in [-0.25, -0.2) is 0 Å². The minimum absolute atomic E-state index is 0.0857. The van der Waals surface area contributed by atoms with Gasteiger partial charge in [-0.15, -0.1) is 0 Å². The molecule has 0 aliphatic rings.